The van der Waals surface area contributed by atoms with Crippen molar-refractivity contribution in [2.75, 3.05) is 6.54 Å². The molecule has 4 nitrogen and oxygen atoms in total. The number of hydrogen-bond acceptors (Lipinski definition) is 2. The normalized spacial score (nSPS) is 21.3. The van der Waals surface area contributed by atoms with Crippen molar-refractivity contribution in [3.8, 4) is 0 Å². The van der Waals surface area contributed by atoms with Crippen molar-refractivity contribution >= 4 is 5.91 Å². The summed E-state index contributed by atoms with van der Waals surface area (Å²) in [6.45, 7) is 4.77. The second-order valence-corrected chi connectivity index (χ2v) is 4.36. The minimum absolute atomic E-state index is 0.0773. The van der Waals surface area contributed by atoms with Crippen molar-refractivity contribution in [1.82, 2.24) is 15.1 Å². The van der Waals surface area contributed by atoms with Gasteiger partial charge in [0.1, 0.15) is 0 Å². The number of hydrogen-bond donors (Lipinski definition) is 1. The van der Waals surface area contributed by atoms with E-state index in [0.29, 0.717) is 0 Å². The van der Waals surface area contributed by atoms with E-state index in [9.17, 15) is 4.79 Å². The molecule has 15 heavy (non-hydrogen) atoms. The van der Waals surface area contributed by atoms with Crippen LogP contribution < -0.4 is 0 Å². The maximum Gasteiger partial charge on any atom is 0.225 e. The molecule has 1 saturated heterocycles. The van der Waals surface area contributed by atoms with Crippen LogP contribution in [0, 0.1) is 5.92 Å². The monoisotopic (exact) mass is 207 g/mol. The molecule has 1 amide bonds. The first-order valence-corrected chi connectivity index (χ1v) is 5.50. The Labute approximate surface area is 89.7 Å². The standard InChI is InChI=1S/C11H17N3O/c1-8(2)11(15)14-7-3-4-10(14)9-5-6-12-13-9/h5-6,8,10H,3-4,7H2,1-2H3,(H,12,13). The number of nitrogens with one attached hydrogen (secondary N) is 1. The Bertz CT molecular complexity index is 332. The first-order chi connectivity index (χ1) is 7.20. The van der Waals surface area contributed by atoms with Crippen molar-refractivity contribution in [3.05, 3.63) is 18.0 Å². The third-order valence-electron chi connectivity index (χ3n) is 2.91. The number of carbonyl (C=O) groups excluding carboxylic acids is 1. The van der Waals surface area contributed by atoms with Gasteiger partial charge in [0, 0.05) is 18.7 Å². The molecular weight excluding hydrogens is 190 g/mol. The SMILES string of the molecule is CC(C)C(=O)N1CCCC1c1ccn[nH]1. The molecule has 0 aromatic carbocycles. The van der Waals surface area contributed by atoms with Crippen LogP contribution in [0.2, 0.25) is 0 Å². The Kier molecular flexibility index (Phi) is 2.75. The maximum absolute atomic E-state index is 11.9. The molecule has 1 aliphatic heterocycles. The van der Waals surface area contributed by atoms with Crippen molar-refractivity contribution in [1.29, 1.82) is 0 Å². The van der Waals surface area contributed by atoms with E-state index in [-0.39, 0.29) is 17.9 Å². The van der Waals surface area contributed by atoms with Crippen LogP contribution in [0.15, 0.2) is 12.3 Å². The predicted octanol–water partition coefficient (Wildman–Crippen LogP) is 1.73. The third kappa shape index (κ3) is 1.89. The fraction of sp³-hybridized carbons (Fsp3) is 0.636. The fourth-order valence-electron chi connectivity index (χ4n) is 2.14. The number of amides is 1. The van der Waals surface area contributed by atoms with Crippen molar-refractivity contribution in [2.45, 2.75) is 32.7 Å². The van der Waals surface area contributed by atoms with Crippen molar-refractivity contribution in [3.63, 3.8) is 0 Å². The van der Waals surface area contributed by atoms with E-state index < -0.39 is 0 Å². The van der Waals surface area contributed by atoms with Gasteiger partial charge in [0.05, 0.1) is 11.7 Å². The largest absolute Gasteiger partial charge is 0.334 e. The van der Waals surface area contributed by atoms with Gasteiger partial charge in [-0.3, -0.25) is 9.89 Å². The lowest BCUT2D eigenvalue weighted by atomic mass is 10.1. The van der Waals surface area contributed by atoms with Crippen LogP contribution in [0.25, 0.3) is 0 Å². The second-order valence-electron chi connectivity index (χ2n) is 4.36. The maximum atomic E-state index is 11.9. The van der Waals surface area contributed by atoms with Crippen LogP contribution in [-0.2, 0) is 4.79 Å². The Morgan fingerprint density at radius 1 is 1.67 bits per heavy atom. The molecule has 1 fully saturated rings. The molecule has 0 spiro atoms. The van der Waals surface area contributed by atoms with Crippen LogP contribution in [0.1, 0.15) is 38.4 Å². The molecule has 0 saturated carbocycles. The first kappa shape index (κ1) is 10.2. The van der Waals surface area contributed by atoms with Gasteiger partial charge in [-0.05, 0) is 18.9 Å². The Morgan fingerprint density at radius 2 is 2.47 bits per heavy atom. The van der Waals surface area contributed by atoms with Gasteiger partial charge >= 0.3 is 0 Å². The van der Waals surface area contributed by atoms with E-state index >= 15 is 0 Å². The zero-order chi connectivity index (χ0) is 10.8. The number of nitrogens with zero attached hydrogens (tertiary/aromatic N) is 2. The van der Waals surface area contributed by atoms with Gasteiger partial charge in [0.25, 0.3) is 0 Å². The average molecular weight is 207 g/mol. The highest BCUT2D eigenvalue weighted by molar-refractivity contribution is 5.78. The molecule has 1 aromatic rings. The molecule has 1 aromatic heterocycles. The van der Waals surface area contributed by atoms with Crippen LogP contribution >= 0.6 is 0 Å². The molecular formula is C11H17N3O. The van der Waals surface area contributed by atoms with Gasteiger partial charge in [-0.1, -0.05) is 13.8 Å². The highest BCUT2D eigenvalue weighted by atomic mass is 16.2. The lowest BCUT2D eigenvalue weighted by Crippen LogP contribution is -2.33. The average Bonchev–Trinajstić information content (AvgIpc) is 2.86. The van der Waals surface area contributed by atoms with Gasteiger partial charge in [-0.15, -0.1) is 0 Å². The number of aromatic nitrogens is 2. The molecule has 2 heterocycles. The van der Waals surface area contributed by atoms with Gasteiger partial charge < -0.3 is 4.90 Å². The van der Waals surface area contributed by atoms with Crippen LogP contribution in [-0.4, -0.2) is 27.5 Å². The highest BCUT2D eigenvalue weighted by Gasteiger charge is 2.31. The van der Waals surface area contributed by atoms with Crippen molar-refractivity contribution < 1.29 is 4.79 Å². The minimum Gasteiger partial charge on any atom is -0.334 e. The highest BCUT2D eigenvalue weighted by Crippen LogP contribution is 2.31. The quantitative estimate of drug-likeness (QED) is 0.802. The summed E-state index contributed by atoms with van der Waals surface area (Å²) in [5.41, 5.74) is 1.06. The first-order valence-electron chi connectivity index (χ1n) is 5.50. The molecule has 1 aliphatic rings. The van der Waals surface area contributed by atoms with E-state index in [2.05, 4.69) is 10.2 Å². The van der Waals surface area contributed by atoms with Gasteiger partial charge in [0.15, 0.2) is 0 Å². The Balaban J connectivity index is 2.15. The second kappa shape index (κ2) is 4.04. The molecule has 82 valence electrons. The summed E-state index contributed by atoms with van der Waals surface area (Å²) in [6, 6.07) is 2.17. The van der Waals surface area contributed by atoms with E-state index in [4.69, 9.17) is 0 Å². The van der Waals surface area contributed by atoms with E-state index in [0.717, 1.165) is 25.1 Å². The van der Waals surface area contributed by atoms with Crippen LogP contribution in [0.4, 0.5) is 0 Å². The van der Waals surface area contributed by atoms with E-state index in [1.54, 1.807) is 6.20 Å². The third-order valence-corrected chi connectivity index (χ3v) is 2.91. The summed E-state index contributed by atoms with van der Waals surface area (Å²) in [6.07, 6.45) is 3.87. The molecule has 1 atom stereocenters. The van der Waals surface area contributed by atoms with Gasteiger partial charge in [-0.2, -0.15) is 5.10 Å². The summed E-state index contributed by atoms with van der Waals surface area (Å²) in [4.78, 5) is 13.9. The lowest BCUT2D eigenvalue weighted by Gasteiger charge is -2.25. The van der Waals surface area contributed by atoms with Gasteiger partial charge in [-0.25, -0.2) is 0 Å². The molecule has 0 radical (unpaired) electrons. The number of aromatic amines is 1. The number of likely N-dealkylation sites (tertiary alicyclic amines) is 1. The van der Waals surface area contributed by atoms with Crippen LogP contribution in [0.5, 0.6) is 0 Å². The number of rotatable bonds is 2. The fourth-order valence-corrected chi connectivity index (χ4v) is 2.14. The lowest BCUT2D eigenvalue weighted by molar-refractivity contribution is -0.135. The Hall–Kier alpha value is -1.32. The van der Waals surface area contributed by atoms with Crippen LogP contribution in [0.3, 0.4) is 0 Å². The van der Waals surface area contributed by atoms with E-state index in [1.807, 2.05) is 24.8 Å². The summed E-state index contributed by atoms with van der Waals surface area (Å²) in [7, 11) is 0. The predicted molar refractivity (Wildman–Crippen MR) is 57.1 cm³/mol. The zero-order valence-corrected chi connectivity index (χ0v) is 9.23. The molecule has 0 aliphatic carbocycles. The molecule has 0 bridgehead atoms. The number of H-pyrrole nitrogens is 1. The Morgan fingerprint density at radius 3 is 3.07 bits per heavy atom. The molecule has 4 heteroatoms. The smallest absolute Gasteiger partial charge is 0.225 e. The zero-order valence-electron chi connectivity index (χ0n) is 9.23. The number of carbonyl (C=O) groups is 1. The topological polar surface area (TPSA) is 49.0 Å². The van der Waals surface area contributed by atoms with Crippen molar-refractivity contribution in [2.24, 2.45) is 5.92 Å². The summed E-state index contributed by atoms with van der Waals surface area (Å²) >= 11 is 0. The molecule has 1 N–H and O–H groups in total. The summed E-state index contributed by atoms with van der Waals surface area (Å²) in [5.74, 6) is 0.320. The van der Waals surface area contributed by atoms with E-state index in [1.165, 1.54) is 0 Å². The molecule has 2 rings (SSSR count). The minimum atomic E-state index is 0.0773. The summed E-state index contributed by atoms with van der Waals surface area (Å²) in [5, 5.41) is 6.90. The summed E-state index contributed by atoms with van der Waals surface area (Å²) < 4.78 is 0. The van der Waals surface area contributed by atoms with Gasteiger partial charge in [0.2, 0.25) is 5.91 Å². The molecule has 1 unspecified atom stereocenters.